The lowest BCUT2D eigenvalue weighted by Crippen LogP contribution is -2.32. The maximum Gasteiger partial charge on any atom is 0.221 e. The summed E-state index contributed by atoms with van der Waals surface area (Å²) in [4.78, 5) is 11.6. The van der Waals surface area contributed by atoms with Gasteiger partial charge in [0.1, 0.15) is 0 Å². The number of thiophene rings is 1. The van der Waals surface area contributed by atoms with Gasteiger partial charge in [-0.25, -0.2) is 0 Å². The van der Waals surface area contributed by atoms with Gasteiger partial charge in [0, 0.05) is 19.0 Å². The molecule has 1 aromatic heterocycles. The van der Waals surface area contributed by atoms with Crippen LogP contribution in [0.25, 0.3) is 0 Å². The first-order valence-corrected chi connectivity index (χ1v) is 6.65. The van der Waals surface area contributed by atoms with Crippen molar-refractivity contribution >= 4 is 17.2 Å². The normalized spacial score (nSPS) is 17.1. The van der Waals surface area contributed by atoms with Gasteiger partial charge in [0.05, 0.1) is 0 Å². The summed E-state index contributed by atoms with van der Waals surface area (Å²) in [6, 6.07) is 0.0589. The van der Waals surface area contributed by atoms with Crippen LogP contribution >= 0.6 is 11.3 Å². The summed E-state index contributed by atoms with van der Waals surface area (Å²) in [5.41, 5.74) is 8.35. The number of carbonyl (C=O) groups is 1. The smallest absolute Gasteiger partial charge is 0.221 e. The maximum absolute atomic E-state index is 11.6. The van der Waals surface area contributed by atoms with Gasteiger partial charge in [0.15, 0.2) is 0 Å². The molecule has 0 bridgehead atoms. The van der Waals surface area contributed by atoms with E-state index in [1.54, 1.807) is 11.3 Å². The van der Waals surface area contributed by atoms with Gasteiger partial charge in [0.25, 0.3) is 0 Å². The number of aryl methyl sites for hydroxylation is 1. The number of nitrogens with one attached hydrogen (secondary N) is 1. The zero-order chi connectivity index (χ0) is 11.5. The second-order valence-corrected chi connectivity index (χ2v) is 5.31. The van der Waals surface area contributed by atoms with Crippen LogP contribution < -0.4 is 11.1 Å². The average Bonchev–Trinajstić information content (AvgIpc) is 3.00. The van der Waals surface area contributed by atoms with Gasteiger partial charge >= 0.3 is 0 Å². The average molecular weight is 238 g/mol. The van der Waals surface area contributed by atoms with Crippen LogP contribution in [-0.4, -0.2) is 11.9 Å². The van der Waals surface area contributed by atoms with Gasteiger partial charge in [-0.3, -0.25) is 4.79 Å². The van der Waals surface area contributed by atoms with Crippen molar-refractivity contribution in [3.05, 3.63) is 21.9 Å². The fourth-order valence-corrected chi connectivity index (χ4v) is 2.60. The van der Waals surface area contributed by atoms with Gasteiger partial charge in [-0.2, -0.15) is 11.3 Å². The molecule has 1 fully saturated rings. The Kier molecular flexibility index (Phi) is 3.61. The van der Waals surface area contributed by atoms with Crippen molar-refractivity contribution in [2.75, 3.05) is 0 Å². The molecule has 3 nitrogen and oxygen atoms in total. The lowest BCUT2D eigenvalue weighted by molar-refractivity contribution is -0.121. The van der Waals surface area contributed by atoms with Crippen LogP contribution in [0.2, 0.25) is 0 Å². The van der Waals surface area contributed by atoms with Crippen molar-refractivity contribution < 1.29 is 4.79 Å². The summed E-state index contributed by atoms with van der Waals surface area (Å²) in [5.74, 6) is 0.665. The molecule has 1 aromatic rings. The zero-order valence-electron chi connectivity index (χ0n) is 9.53. The number of hydrogen-bond acceptors (Lipinski definition) is 3. The van der Waals surface area contributed by atoms with E-state index in [2.05, 4.69) is 23.0 Å². The monoisotopic (exact) mass is 238 g/mol. The molecule has 0 aliphatic heterocycles. The Morgan fingerprint density at radius 3 is 2.94 bits per heavy atom. The Labute approximate surface area is 100 Å². The topological polar surface area (TPSA) is 55.1 Å². The van der Waals surface area contributed by atoms with E-state index in [0.717, 1.165) is 0 Å². The number of rotatable bonds is 5. The second-order valence-electron chi connectivity index (χ2n) is 4.56. The van der Waals surface area contributed by atoms with E-state index in [4.69, 9.17) is 5.73 Å². The highest BCUT2D eigenvalue weighted by Gasteiger charge is 2.29. The summed E-state index contributed by atoms with van der Waals surface area (Å²) in [6.45, 7) is 2.69. The predicted molar refractivity (Wildman–Crippen MR) is 66.2 cm³/mol. The van der Waals surface area contributed by atoms with Crippen LogP contribution in [0.3, 0.4) is 0 Å². The van der Waals surface area contributed by atoms with Gasteiger partial charge in [0.2, 0.25) is 5.91 Å². The number of amides is 1. The SMILES string of the molecule is Cc1cscc1CNC(=O)CC(N)C1CC1. The van der Waals surface area contributed by atoms with E-state index in [0.29, 0.717) is 18.9 Å². The summed E-state index contributed by atoms with van der Waals surface area (Å²) < 4.78 is 0. The predicted octanol–water partition coefficient (Wildman–Crippen LogP) is 1.80. The first-order chi connectivity index (χ1) is 7.66. The van der Waals surface area contributed by atoms with Crippen LogP contribution in [0.4, 0.5) is 0 Å². The lowest BCUT2D eigenvalue weighted by atomic mass is 10.1. The Morgan fingerprint density at radius 1 is 1.62 bits per heavy atom. The third kappa shape index (κ3) is 3.06. The quantitative estimate of drug-likeness (QED) is 0.822. The van der Waals surface area contributed by atoms with Crippen molar-refractivity contribution in [1.29, 1.82) is 0 Å². The third-order valence-corrected chi connectivity index (χ3v) is 4.00. The molecular formula is C12H18N2OS. The summed E-state index contributed by atoms with van der Waals surface area (Å²) in [7, 11) is 0. The molecule has 1 unspecified atom stereocenters. The standard InChI is InChI=1S/C12H18N2OS/c1-8-6-16-7-10(8)5-14-12(15)4-11(13)9-2-3-9/h6-7,9,11H,2-5,13H2,1H3,(H,14,15). The summed E-state index contributed by atoms with van der Waals surface area (Å²) >= 11 is 1.67. The molecule has 0 spiro atoms. The first kappa shape index (κ1) is 11.6. The van der Waals surface area contributed by atoms with Crippen molar-refractivity contribution in [1.82, 2.24) is 5.32 Å². The van der Waals surface area contributed by atoms with Gasteiger partial charge < -0.3 is 11.1 Å². The minimum absolute atomic E-state index is 0.0589. The molecular weight excluding hydrogens is 220 g/mol. The van der Waals surface area contributed by atoms with Crippen molar-refractivity contribution in [2.24, 2.45) is 11.7 Å². The molecule has 16 heavy (non-hydrogen) atoms. The van der Waals surface area contributed by atoms with E-state index < -0.39 is 0 Å². The van der Waals surface area contributed by atoms with E-state index in [9.17, 15) is 4.79 Å². The number of carbonyl (C=O) groups excluding carboxylic acids is 1. The molecule has 3 N–H and O–H groups in total. The molecule has 1 aliphatic rings. The Hall–Kier alpha value is -0.870. The van der Waals surface area contributed by atoms with Crippen LogP contribution in [0, 0.1) is 12.8 Å². The van der Waals surface area contributed by atoms with Crippen LogP contribution in [-0.2, 0) is 11.3 Å². The van der Waals surface area contributed by atoms with E-state index >= 15 is 0 Å². The molecule has 1 saturated carbocycles. The van der Waals surface area contributed by atoms with Gasteiger partial charge in [-0.15, -0.1) is 0 Å². The van der Waals surface area contributed by atoms with Gasteiger partial charge in [-0.05, 0) is 47.6 Å². The second kappa shape index (κ2) is 4.97. The summed E-state index contributed by atoms with van der Waals surface area (Å²) in [5, 5.41) is 7.10. The number of nitrogens with two attached hydrogens (primary N) is 1. The van der Waals surface area contributed by atoms with Crippen molar-refractivity contribution in [3.8, 4) is 0 Å². The number of hydrogen-bond donors (Lipinski definition) is 2. The largest absolute Gasteiger partial charge is 0.352 e. The van der Waals surface area contributed by atoms with E-state index in [1.807, 2.05) is 0 Å². The van der Waals surface area contributed by atoms with Crippen LogP contribution in [0.5, 0.6) is 0 Å². The van der Waals surface area contributed by atoms with E-state index in [1.165, 1.54) is 24.0 Å². The molecule has 1 heterocycles. The zero-order valence-corrected chi connectivity index (χ0v) is 10.3. The minimum Gasteiger partial charge on any atom is -0.352 e. The fraction of sp³-hybridized carbons (Fsp3) is 0.583. The highest BCUT2D eigenvalue weighted by Crippen LogP contribution is 2.32. The highest BCUT2D eigenvalue weighted by atomic mass is 32.1. The summed E-state index contributed by atoms with van der Waals surface area (Å²) in [6.07, 6.45) is 2.85. The highest BCUT2D eigenvalue weighted by molar-refractivity contribution is 7.08. The Bertz CT molecular complexity index is 371. The molecule has 0 radical (unpaired) electrons. The maximum atomic E-state index is 11.6. The molecule has 1 amide bonds. The molecule has 1 aliphatic carbocycles. The molecule has 0 saturated heterocycles. The molecule has 2 rings (SSSR count). The van der Waals surface area contributed by atoms with Crippen molar-refractivity contribution in [3.63, 3.8) is 0 Å². The fourth-order valence-electron chi connectivity index (χ4n) is 1.74. The van der Waals surface area contributed by atoms with Crippen LogP contribution in [0.15, 0.2) is 10.8 Å². The minimum atomic E-state index is 0.0589. The van der Waals surface area contributed by atoms with Crippen molar-refractivity contribution in [2.45, 2.75) is 38.8 Å². The molecule has 0 aromatic carbocycles. The first-order valence-electron chi connectivity index (χ1n) is 5.70. The third-order valence-electron chi connectivity index (χ3n) is 3.09. The van der Waals surface area contributed by atoms with E-state index in [-0.39, 0.29) is 11.9 Å². The Morgan fingerprint density at radius 2 is 2.38 bits per heavy atom. The molecule has 4 heteroatoms. The molecule has 1 atom stereocenters. The molecule has 88 valence electrons. The van der Waals surface area contributed by atoms with Gasteiger partial charge in [-0.1, -0.05) is 0 Å². The van der Waals surface area contributed by atoms with Crippen LogP contribution in [0.1, 0.15) is 30.4 Å². The Balaban J connectivity index is 1.73. The lowest BCUT2D eigenvalue weighted by Gasteiger charge is -2.10.